The van der Waals surface area contributed by atoms with Crippen LogP contribution in [0.3, 0.4) is 0 Å². The van der Waals surface area contributed by atoms with Crippen LogP contribution < -0.4 is 10.6 Å². The fourth-order valence-electron chi connectivity index (χ4n) is 2.14. The molecule has 1 atom stereocenters. The van der Waals surface area contributed by atoms with Gasteiger partial charge in [-0.15, -0.1) is 12.4 Å². The first-order chi connectivity index (χ1) is 9.90. The molecule has 1 heterocycles. The largest absolute Gasteiger partial charge is 0.345 e. The highest BCUT2D eigenvalue weighted by Gasteiger charge is 2.28. The third-order valence-electron chi connectivity index (χ3n) is 3.80. The number of nitrogens with one attached hydrogen (secondary N) is 2. The molecule has 2 amide bonds. The second-order valence-corrected chi connectivity index (χ2v) is 6.00. The monoisotopic (exact) mass is 345 g/mol. The molecule has 0 aliphatic carbocycles. The maximum atomic E-state index is 12.2. The van der Waals surface area contributed by atoms with Crippen molar-refractivity contribution in [3.63, 3.8) is 0 Å². The standard InChI is InChI=1S/C15H20ClN3O2.ClH/c1-9(10-7-17-8-10)14(20)18-11-4-5-13(16)12(6-11)15(21)19(2)3;/h4-6,9-10,17H,7-8H2,1-3H3,(H,18,20);1H. The van der Waals surface area contributed by atoms with Crippen molar-refractivity contribution in [2.75, 3.05) is 32.5 Å². The maximum absolute atomic E-state index is 12.2. The van der Waals surface area contributed by atoms with Gasteiger partial charge in [0.15, 0.2) is 0 Å². The third-order valence-corrected chi connectivity index (χ3v) is 4.13. The van der Waals surface area contributed by atoms with E-state index in [0.29, 0.717) is 22.2 Å². The van der Waals surface area contributed by atoms with Gasteiger partial charge in [-0.05, 0) is 37.2 Å². The Bertz CT molecular complexity index is 560. The second kappa shape index (κ2) is 7.81. The van der Waals surface area contributed by atoms with E-state index in [4.69, 9.17) is 11.6 Å². The van der Waals surface area contributed by atoms with Crippen LogP contribution in [-0.2, 0) is 4.79 Å². The van der Waals surface area contributed by atoms with Gasteiger partial charge in [0.05, 0.1) is 10.6 Å². The van der Waals surface area contributed by atoms with E-state index in [9.17, 15) is 9.59 Å². The summed E-state index contributed by atoms with van der Waals surface area (Å²) in [6.45, 7) is 3.67. The Morgan fingerprint density at radius 1 is 1.36 bits per heavy atom. The van der Waals surface area contributed by atoms with Gasteiger partial charge in [-0.1, -0.05) is 18.5 Å². The van der Waals surface area contributed by atoms with Crippen molar-refractivity contribution in [1.29, 1.82) is 0 Å². The lowest BCUT2D eigenvalue weighted by molar-refractivity contribution is -0.121. The van der Waals surface area contributed by atoms with Gasteiger partial charge in [-0.3, -0.25) is 9.59 Å². The molecule has 0 aromatic heterocycles. The Balaban J connectivity index is 0.00000242. The van der Waals surface area contributed by atoms with Gasteiger partial charge in [-0.25, -0.2) is 0 Å². The Kier molecular flexibility index (Phi) is 6.66. The summed E-state index contributed by atoms with van der Waals surface area (Å²) in [6, 6.07) is 4.95. The van der Waals surface area contributed by atoms with Crippen molar-refractivity contribution in [1.82, 2.24) is 10.2 Å². The van der Waals surface area contributed by atoms with Crippen molar-refractivity contribution in [3.05, 3.63) is 28.8 Å². The van der Waals surface area contributed by atoms with Gasteiger partial charge in [0.2, 0.25) is 5.91 Å². The molecular weight excluding hydrogens is 325 g/mol. The van der Waals surface area contributed by atoms with Gasteiger partial charge < -0.3 is 15.5 Å². The molecule has 2 rings (SSSR count). The normalized spacial score (nSPS) is 15.3. The zero-order valence-electron chi connectivity index (χ0n) is 12.9. The van der Waals surface area contributed by atoms with Crippen LogP contribution in [-0.4, -0.2) is 43.9 Å². The summed E-state index contributed by atoms with van der Waals surface area (Å²) in [5.74, 6) is 0.0921. The number of rotatable bonds is 4. The van der Waals surface area contributed by atoms with Gasteiger partial charge in [0, 0.05) is 25.7 Å². The van der Waals surface area contributed by atoms with Crippen LogP contribution in [0.1, 0.15) is 17.3 Å². The van der Waals surface area contributed by atoms with E-state index in [1.807, 2.05) is 6.92 Å². The molecule has 7 heteroatoms. The molecule has 1 aromatic carbocycles. The molecule has 1 aliphatic heterocycles. The zero-order chi connectivity index (χ0) is 15.6. The minimum atomic E-state index is -0.188. The number of hydrogen-bond acceptors (Lipinski definition) is 3. The average Bonchev–Trinajstić information content (AvgIpc) is 2.37. The number of carbonyl (C=O) groups excluding carboxylic acids is 2. The minimum absolute atomic E-state index is 0. The summed E-state index contributed by atoms with van der Waals surface area (Å²) in [5.41, 5.74) is 0.978. The van der Waals surface area contributed by atoms with Crippen LogP contribution in [0, 0.1) is 11.8 Å². The van der Waals surface area contributed by atoms with Gasteiger partial charge >= 0.3 is 0 Å². The lowest BCUT2D eigenvalue weighted by atomic mass is 9.88. The molecule has 0 spiro atoms. The number of hydrogen-bond donors (Lipinski definition) is 2. The number of benzene rings is 1. The molecule has 1 saturated heterocycles. The number of halogens is 2. The number of amides is 2. The molecular formula is C15H21Cl2N3O2. The highest BCUT2D eigenvalue weighted by molar-refractivity contribution is 6.34. The third kappa shape index (κ3) is 4.12. The smallest absolute Gasteiger partial charge is 0.254 e. The van der Waals surface area contributed by atoms with Crippen molar-refractivity contribution in [2.45, 2.75) is 6.92 Å². The number of carbonyl (C=O) groups is 2. The zero-order valence-corrected chi connectivity index (χ0v) is 14.4. The first-order valence-corrected chi connectivity index (χ1v) is 7.30. The summed E-state index contributed by atoms with van der Waals surface area (Å²) < 4.78 is 0. The fourth-order valence-corrected chi connectivity index (χ4v) is 2.34. The predicted molar refractivity (Wildman–Crippen MR) is 90.9 cm³/mol. The summed E-state index contributed by atoms with van der Waals surface area (Å²) >= 11 is 6.05. The van der Waals surface area contributed by atoms with E-state index in [1.165, 1.54) is 4.90 Å². The molecule has 1 fully saturated rings. The van der Waals surface area contributed by atoms with E-state index >= 15 is 0 Å². The maximum Gasteiger partial charge on any atom is 0.254 e. The van der Waals surface area contributed by atoms with E-state index in [2.05, 4.69) is 10.6 Å². The predicted octanol–water partition coefficient (Wildman–Crippen LogP) is 2.26. The highest BCUT2D eigenvalue weighted by Crippen LogP contribution is 2.23. The Morgan fingerprint density at radius 2 is 2.00 bits per heavy atom. The van der Waals surface area contributed by atoms with Crippen LogP contribution in [0.4, 0.5) is 5.69 Å². The molecule has 1 unspecified atom stereocenters. The molecule has 2 N–H and O–H groups in total. The number of nitrogens with zero attached hydrogens (tertiary/aromatic N) is 1. The topological polar surface area (TPSA) is 61.4 Å². The van der Waals surface area contributed by atoms with Crippen LogP contribution in [0.2, 0.25) is 5.02 Å². The molecule has 122 valence electrons. The Labute approximate surface area is 141 Å². The lowest BCUT2D eigenvalue weighted by Crippen LogP contribution is -2.48. The Hall–Kier alpha value is -1.30. The van der Waals surface area contributed by atoms with Gasteiger partial charge in [0.1, 0.15) is 0 Å². The van der Waals surface area contributed by atoms with Gasteiger partial charge in [0.25, 0.3) is 5.91 Å². The fraction of sp³-hybridized carbons (Fsp3) is 0.467. The Morgan fingerprint density at radius 3 is 2.50 bits per heavy atom. The summed E-state index contributed by atoms with van der Waals surface area (Å²) in [7, 11) is 3.32. The van der Waals surface area contributed by atoms with E-state index in [0.717, 1.165) is 13.1 Å². The average molecular weight is 346 g/mol. The minimum Gasteiger partial charge on any atom is -0.345 e. The molecule has 1 aliphatic rings. The molecule has 1 aromatic rings. The first-order valence-electron chi connectivity index (χ1n) is 6.93. The molecule has 0 bridgehead atoms. The second-order valence-electron chi connectivity index (χ2n) is 5.59. The summed E-state index contributed by atoms with van der Waals surface area (Å²) in [5, 5.41) is 6.39. The van der Waals surface area contributed by atoms with Gasteiger partial charge in [-0.2, -0.15) is 0 Å². The summed E-state index contributed by atoms with van der Waals surface area (Å²) in [4.78, 5) is 25.7. The van der Waals surface area contributed by atoms with Crippen molar-refractivity contribution in [3.8, 4) is 0 Å². The SMILES string of the molecule is CC(C(=O)Nc1ccc(Cl)c(C(=O)N(C)C)c1)C1CNC1.Cl. The molecule has 22 heavy (non-hydrogen) atoms. The quantitative estimate of drug-likeness (QED) is 0.879. The summed E-state index contributed by atoms with van der Waals surface area (Å²) in [6.07, 6.45) is 0. The van der Waals surface area contributed by atoms with Crippen LogP contribution >= 0.6 is 24.0 Å². The van der Waals surface area contributed by atoms with Crippen LogP contribution in [0.5, 0.6) is 0 Å². The van der Waals surface area contributed by atoms with E-state index < -0.39 is 0 Å². The van der Waals surface area contributed by atoms with E-state index in [1.54, 1.807) is 32.3 Å². The highest BCUT2D eigenvalue weighted by atomic mass is 35.5. The van der Waals surface area contributed by atoms with Crippen molar-refractivity contribution in [2.24, 2.45) is 11.8 Å². The molecule has 0 radical (unpaired) electrons. The first kappa shape index (κ1) is 18.7. The van der Waals surface area contributed by atoms with E-state index in [-0.39, 0.29) is 30.1 Å². The van der Waals surface area contributed by atoms with Crippen LogP contribution in [0.25, 0.3) is 0 Å². The lowest BCUT2D eigenvalue weighted by Gasteiger charge is -2.31. The molecule has 5 nitrogen and oxygen atoms in total. The molecule has 0 saturated carbocycles. The van der Waals surface area contributed by atoms with Crippen LogP contribution in [0.15, 0.2) is 18.2 Å². The van der Waals surface area contributed by atoms with Crippen molar-refractivity contribution < 1.29 is 9.59 Å². The number of anilines is 1. The van der Waals surface area contributed by atoms with Crippen molar-refractivity contribution >= 4 is 41.5 Å².